The van der Waals surface area contributed by atoms with E-state index < -0.39 is 18.0 Å². The smallest absolute Gasteiger partial charge is 0.411 e. The van der Waals surface area contributed by atoms with Crippen molar-refractivity contribution in [1.82, 2.24) is 5.16 Å². The predicted octanol–water partition coefficient (Wildman–Crippen LogP) is 6.74. The third-order valence-corrected chi connectivity index (χ3v) is 6.24. The summed E-state index contributed by atoms with van der Waals surface area (Å²) in [4.78, 5) is 23.7. The first-order valence-electron chi connectivity index (χ1n) is 11.8. The van der Waals surface area contributed by atoms with E-state index in [0.29, 0.717) is 22.7 Å². The molecule has 2 N–H and O–H groups in total. The zero-order valence-corrected chi connectivity index (χ0v) is 20.7. The highest BCUT2D eigenvalue weighted by Crippen LogP contribution is 2.34. The fourth-order valence-corrected chi connectivity index (χ4v) is 4.04. The number of rotatable bonds is 8. The predicted molar refractivity (Wildman–Crippen MR) is 138 cm³/mol. The van der Waals surface area contributed by atoms with Crippen LogP contribution in [0.3, 0.4) is 0 Å². The van der Waals surface area contributed by atoms with Gasteiger partial charge in [-0.25, -0.2) is 9.18 Å². The molecule has 0 saturated heterocycles. The van der Waals surface area contributed by atoms with Gasteiger partial charge >= 0.3 is 12.1 Å². The van der Waals surface area contributed by atoms with Gasteiger partial charge in [0.1, 0.15) is 17.2 Å². The minimum Gasteiger partial charge on any atom is -0.481 e. The number of amides is 1. The minimum absolute atomic E-state index is 0.0181. The van der Waals surface area contributed by atoms with Crippen LogP contribution in [-0.2, 0) is 16.0 Å². The van der Waals surface area contributed by atoms with Crippen molar-refractivity contribution < 1.29 is 28.3 Å². The second kappa shape index (κ2) is 11.1. The highest BCUT2D eigenvalue weighted by molar-refractivity contribution is 5.91. The average Bonchev–Trinajstić information content (AvgIpc) is 3.24. The van der Waals surface area contributed by atoms with Gasteiger partial charge in [-0.3, -0.25) is 10.1 Å². The van der Waals surface area contributed by atoms with Gasteiger partial charge < -0.3 is 14.4 Å². The van der Waals surface area contributed by atoms with E-state index in [0.717, 1.165) is 27.8 Å². The van der Waals surface area contributed by atoms with E-state index in [1.54, 1.807) is 32.0 Å². The molecule has 8 heteroatoms. The number of benzene rings is 3. The Morgan fingerprint density at radius 2 is 1.76 bits per heavy atom. The number of carboxylic acid groups (broad SMARTS) is 1. The van der Waals surface area contributed by atoms with E-state index in [1.807, 2.05) is 49.4 Å². The van der Waals surface area contributed by atoms with Crippen molar-refractivity contribution >= 4 is 17.7 Å². The normalized spacial score (nSPS) is 11.7. The fourth-order valence-electron chi connectivity index (χ4n) is 4.04. The Balaban J connectivity index is 1.47. The summed E-state index contributed by atoms with van der Waals surface area (Å²) in [5.41, 5.74) is 5.73. The van der Waals surface area contributed by atoms with E-state index in [4.69, 9.17) is 9.26 Å². The third-order valence-electron chi connectivity index (χ3n) is 6.24. The van der Waals surface area contributed by atoms with Gasteiger partial charge in [0.25, 0.3) is 0 Å². The molecule has 1 amide bonds. The lowest BCUT2D eigenvalue weighted by molar-refractivity contribution is -0.138. The summed E-state index contributed by atoms with van der Waals surface area (Å²) in [7, 11) is 0. The van der Waals surface area contributed by atoms with E-state index >= 15 is 0 Å². The topological polar surface area (TPSA) is 102 Å². The van der Waals surface area contributed by atoms with Crippen molar-refractivity contribution in [3.63, 3.8) is 0 Å². The first-order chi connectivity index (χ1) is 17.7. The van der Waals surface area contributed by atoms with Crippen LogP contribution in [0.25, 0.3) is 22.4 Å². The number of carboxylic acids is 1. The molecule has 0 radical (unpaired) electrons. The Kier molecular flexibility index (Phi) is 7.67. The van der Waals surface area contributed by atoms with E-state index in [1.165, 1.54) is 6.07 Å². The summed E-state index contributed by atoms with van der Waals surface area (Å²) < 4.78 is 24.3. The van der Waals surface area contributed by atoms with Crippen LogP contribution in [0.15, 0.2) is 71.3 Å². The van der Waals surface area contributed by atoms with Crippen molar-refractivity contribution in [2.75, 3.05) is 11.9 Å². The Bertz CT molecular complexity index is 1430. The molecule has 0 unspecified atom stereocenters. The number of halogens is 1. The highest BCUT2D eigenvalue weighted by Gasteiger charge is 2.19. The van der Waals surface area contributed by atoms with Crippen LogP contribution < -0.4 is 5.32 Å². The van der Waals surface area contributed by atoms with Gasteiger partial charge in [-0.1, -0.05) is 59.8 Å². The van der Waals surface area contributed by atoms with Gasteiger partial charge in [-0.15, -0.1) is 0 Å². The summed E-state index contributed by atoms with van der Waals surface area (Å²) in [6, 6.07) is 19.6. The van der Waals surface area contributed by atoms with Crippen molar-refractivity contribution in [2.24, 2.45) is 0 Å². The summed E-state index contributed by atoms with van der Waals surface area (Å²) in [5, 5.41) is 16.0. The van der Waals surface area contributed by atoms with Gasteiger partial charge in [0.05, 0.1) is 12.5 Å². The highest BCUT2D eigenvalue weighted by atomic mass is 19.1. The molecular formula is C29H27FN2O5. The molecule has 7 nitrogen and oxygen atoms in total. The molecule has 0 saturated carbocycles. The number of nitrogens with zero attached hydrogens (tertiary/aromatic N) is 1. The molecule has 0 aliphatic carbocycles. The monoisotopic (exact) mass is 502 g/mol. The third kappa shape index (κ3) is 5.86. The van der Waals surface area contributed by atoms with Crippen LogP contribution in [0, 0.1) is 19.7 Å². The van der Waals surface area contributed by atoms with Crippen molar-refractivity contribution in [1.29, 1.82) is 0 Å². The summed E-state index contributed by atoms with van der Waals surface area (Å²) in [6.45, 7) is 5.32. The zero-order chi connectivity index (χ0) is 26.5. The summed E-state index contributed by atoms with van der Waals surface area (Å²) >= 11 is 0. The van der Waals surface area contributed by atoms with Crippen molar-refractivity contribution in [3.05, 3.63) is 95.0 Å². The van der Waals surface area contributed by atoms with E-state index in [-0.39, 0.29) is 18.8 Å². The molecule has 0 bridgehead atoms. The number of nitrogens with one attached hydrogen (secondary N) is 1. The lowest BCUT2D eigenvalue weighted by Crippen LogP contribution is -2.16. The number of aromatic nitrogens is 1. The van der Waals surface area contributed by atoms with Crippen LogP contribution in [0.2, 0.25) is 0 Å². The first-order valence-corrected chi connectivity index (χ1v) is 11.8. The molecule has 0 fully saturated rings. The van der Waals surface area contributed by atoms with Gasteiger partial charge in [0, 0.05) is 12.0 Å². The number of hydrogen-bond acceptors (Lipinski definition) is 5. The van der Waals surface area contributed by atoms with Gasteiger partial charge in [0.15, 0.2) is 5.76 Å². The molecule has 190 valence electrons. The largest absolute Gasteiger partial charge is 0.481 e. The fraction of sp³-hybridized carbons (Fsp3) is 0.207. The van der Waals surface area contributed by atoms with Crippen LogP contribution in [0.1, 0.15) is 35.3 Å². The second-order valence-electron chi connectivity index (χ2n) is 8.78. The van der Waals surface area contributed by atoms with Crippen LogP contribution in [0.4, 0.5) is 14.9 Å². The molecule has 4 rings (SSSR count). The number of carbonyl (C=O) groups excluding carboxylic acids is 1. The number of anilines is 1. The average molecular weight is 503 g/mol. The quantitative estimate of drug-likeness (QED) is 0.277. The molecule has 1 heterocycles. The molecule has 1 aromatic heterocycles. The Labute approximate surface area is 213 Å². The van der Waals surface area contributed by atoms with Gasteiger partial charge in [-0.05, 0) is 60.7 Å². The van der Waals surface area contributed by atoms with Crippen LogP contribution in [-0.4, -0.2) is 28.9 Å². The Morgan fingerprint density at radius 3 is 2.43 bits per heavy atom. The number of carbonyl (C=O) groups is 2. The molecule has 4 aromatic rings. The number of aryl methyl sites for hydroxylation is 2. The number of ether oxygens (including phenoxy) is 1. The lowest BCUT2D eigenvalue weighted by atomic mass is 9.94. The summed E-state index contributed by atoms with van der Waals surface area (Å²) in [6.07, 6.45) is -0.431. The molecule has 1 atom stereocenters. The van der Waals surface area contributed by atoms with Crippen LogP contribution in [0.5, 0.6) is 0 Å². The zero-order valence-electron chi connectivity index (χ0n) is 20.7. The van der Waals surface area contributed by atoms with Crippen molar-refractivity contribution in [3.8, 4) is 22.4 Å². The molecule has 3 aromatic carbocycles. The van der Waals surface area contributed by atoms with Crippen molar-refractivity contribution in [2.45, 2.75) is 33.1 Å². The van der Waals surface area contributed by atoms with E-state index in [9.17, 15) is 19.1 Å². The first kappa shape index (κ1) is 25.6. The summed E-state index contributed by atoms with van der Waals surface area (Å²) in [5.74, 6) is -1.36. The Morgan fingerprint density at radius 1 is 1.05 bits per heavy atom. The molecule has 0 spiro atoms. The van der Waals surface area contributed by atoms with Gasteiger partial charge in [0.2, 0.25) is 0 Å². The SMILES string of the molecule is Cc1cc(-c2noc(C)c2NC(=O)OCCc2ccccc2F)ccc1-c1ccc([C@@H](C)C(=O)O)cc1. The maximum Gasteiger partial charge on any atom is 0.411 e. The Hall–Kier alpha value is -4.46. The minimum atomic E-state index is -0.866. The van der Waals surface area contributed by atoms with Crippen LogP contribution >= 0.6 is 0 Å². The van der Waals surface area contributed by atoms with Gasteiger partial charge in [-0.2, -0.15) is 0 Å². The van der Waals surface area contributed by atoms with E-state index in [2.05, 4.69) is 10.5 Å². The maximum atomic E-state index is 13.8. The lowest BCUT2D eigenvalue weighted by Gasteiger charge is -2.11. The molecule has 37 heavy (non-hydrogen) atoms. The standard InChI is InChI=1S/C29H27FN2O5/c1-17-16-23(12-13-24(17)21-10-8-20(9-11-21)18(2)28(33)34)27-26(19(3)37-32-27)31-29(35)36-15-14-22-6-4-5-7-25(22)30/h4-13,16,18H,14-15H2,1-3H3,(H,31,35)(H,33,34)/t18-/m1/s1. The number of hydrogen-bond donors (Lipinski definition) is 2. The second-order valence-corrected chi connectivity index (χ2v) is 8.78. The maximum absolute atomic E-state index is 13.8. The number of aliphatic carboxylic acids is 1. The molecule has 0 aliphatic rings. The molecule has 0 aliphatic heterocycles. The molecular weight excluding hydrogens is 475 g/mol.